The summed E-state index contributed by atoms with van der Waals surface area (Å²) in [6.07, 6.45) is 47.8. The van der Waals surface area contributed by atoms with Crippen molar-refractivity contribution in [2.45, 2.75) is 371 Å². The Morgan fingerprint density at radius 3 is 1.13 bits per heavy atom. The Labute approximate surface area is 465 Å². The van der Waals surface area contributed by atoms with Gasteiger partial charge in [0.15, 0.2) is 18.3 Å². The second-order valence-electron chi connectivity index (χ2n) is 23.7. The van der Waals surface area contributed by atoms with Gasteiger partial charge in [0.25, 0.3) is 0 Å². The van der Waals surface area contributed by atoms with Crippen LogP contribution in [0.25, 0.3) is 0 Å². The van der Waals surface area contributed by atoms with Crippen molar-refractivity contribution < 1.29 is 42.9 Å². The highest BCUT2D eigenvalue weighted by Gasteiger charge is 2.53. The molecule has 2 aliphatic carbocycles. The normalized spacial score (nSPS) is 21.9. The largest absolute Gasteiger partial charge is 0.463 e. The van der Waals surface area contributed by atoms with Gasteiger partial charge >= 0.3 is 23.9 Å². The predicted octanol–water partition coefficient (Wildman–Crippen LogP) is 19.2. The quantitative estimate of drug-likeness (QED) is 0.0331. The van der Waals surface area contributed by atoms with E-state index in [1.807, 2.05) is 0 Å². The number of unbranched alkanes of at least 4 members (excludes halogenated alkanes) is 32. The summed E-state index contributed by atoms with van der Waals surface area (Å²) in [5.74, 6) is 0.0490. The van der Waals surface area contributed by atoms with Gasteiger partial charge in [-0.2, -0.15) is 0 Å². The molecule has 1 heterocycles. The molecular weight excluding hydrogens is 957 g/mol. The lowest BCUT2D eigenvalue weighted by Gasteiger charge is -2.45. The van der Waals surface area contributed by atoms with E-state index in [0.29, 0.717) is 25.2 Å². The van der Waals surface area contributed by atoms with Crippen LogP contribution in [0.1, 0.15) is 336 Å². The van der Waals surface area contributed by atoms with E-state index in [4.69, 9.17) is 23.7 Å². The van der Waals surface area contributed by atoms with Gasteiger partial charge in [-0.1, -0.05) is 259 Å². The van der Waals surface area contributed by atoms with Gasteiger partial charge in [0, 0.05) is 30.9 Å². The molecule has 1 saturated heterocycles. The van der Waals surface area contributed by atoms with E-state index < -0.39 is 35.8 Å². The molecular formula is C65H118O9S. The molecule has 75 heavy (non-hydrogen) atoms. The maximum absolute atomic E-state index is 14.1. The Kier molecular flexibility index (Phi) is 41.4. The second-order valence-corrected chi connectivity index (χ2v) is 25.1. The fraction of sp³-hybridized carbons (Fsp3) is 0.938. The van der Waals surface area contributed by atoms with Crippen LogP contribution in [0.3, 0.4) is 0 Å². The molecule has 0 spiro atoms. The lowest BCUT2D eigenvalue weighted by molar-refractivity contribution is -0.239. The number of ether oxygens (including phenoxy) is 5. The molecule has 0 bridgehead atoms. The van der Waals surface area contributed by atoms with Crippen LogP contribution in [0.4, 0.5) is 0 Å². The number of esters is 4. The van der Waals surface area contributed by atoms with E-state index >= 15 is 0 Å². The molecule has 10 heteroatoms. The minimum atomic E-state index is -1.11. The van der Waals surface area contributed by atoms with E-state index in [-0.39, 0.29) is 49.0 Å². The van der Waals surface area contributed by atoms with Gasteiger partial charge in [0.2, 0.25) is 0 Å². The minimum absolute atomic E-state index is 0.135. The predicted molar refractivity (Wildman–Crippen MR) is 312 cm³/mol. The maximum atomic E-state index is 14.1. The summed E-state index contributed by atoms with van der Waals surface area (Å²) in [6, 6.07) is 0. The van der Waals surface area contributed by atoms with Crippen LogP contribution in [0.5, 0.6) is 0 Å². The highest BCUT2D eigenvalue weighted by molar-refractivity contribution is 8.00. The number of carbonyl (C=O) groups is 4. The highest BCUT2D eigenvalue weighted by atomic mass is 32.2. The van der Waals surface area contributed by atoms with Crippen molar-refractivity contribution in [3.8, 4) is 0 Å². The van der Waals surface area contributed by atoms with E-state index in [0.717, 1.165) is 95.8 Å². The first-order chi connectivity index (χ1) is 36.8. The molecule has 0 aromatic rings. The van der Waals surface area contributed by atoms with Crippen LogP contribution in [0, 0.1) is 11.8 Å². The van der Waals surface area contributed by atoms with Crippen LogP contribution >= 0.6 is 11.8 Å². The van der Waals surface area contributed by atoms with Crippen molar-refractivity contribution >= 4 is 35.6 Å². The fourth-order valence-electron chi connectivity index (χ4n) is 12.0. The third kappa shape index (κ3) is 33.4. The minimum Gasteiger partial charge on any atom is -0.463 e. The monoisotopic (exact) mass is 1070 g/mol. The van der Waals surface area contributed by atoms with Gasteiger partial charge in [-0.3, -0.25) is 19.2 Å². The smallest absolute Gasteiger partial charge is 0.306 e. The summed E-state index contributed by atoms with van der Waals surface area (Å²) >= 11 is 1.69. The van der Waals surface area contributed by atoms with Gasteiger partial charge in [0.1, 0.15) is 18.1 Å². The Bertz CT molecular complexity index is 1400. The summed E-state index contributed by atoms with van der Waals surface area (Å²) < 4.78 is 32.5. The molecule has 0 aromatic heterocycles. The van der Waals surface area contributed by atoms with Crippen molar-refractivity contribution in [2.75, 3.05) is 6.61 Å². The lowest BCUT2D eigenvalue weighted by Crippen LogP contribution is -2.62. The molecule has 3 aliphatic rings. The highest BCUT2D eigenvalue weighted by Crippen LogP contribution is 2.45. The number of carbonyl (C=O) groups excluding carboxylic acids is 4. The average Bonchev–Trinajstić information content (AvgIpc) is 4.10. The number of rotatable bonds is 49. The summed E-state index contributed by atoms with van der Waals surface area (Å²) in [7, 11) is 0. The van der Waals surface area contributed by atoms with Crippen molar-refractivity contribution in [1.29, 1.82) is 0 Å². The Morgan fingerprint density at radius 1 is 0.387 bits per heavy atom. The number of thioether (sulfide) groups is 1. The Hall–Kier alpha value is -1.81. The molecule has 438 valence electrons. The van der Waals surface area contributed by atoms with Crippen molar-refractivity contribution in [3.63, 3.8) is 0 Å². The molecule has 3 fully saturated rings. The van der Waals surface area contributed by atoms with Gasteiger partial charge in [-0.25, -0.2) is 0 Å². The van der Waals surface area contributed by atoms with Crippen molar-refractivity contribution in [2.24, 2.45) is 11.8 Å². The van der Waals surface area contributed by atoms with E-state index in [9.17, 15) is 19.2 Å². The summed E-state index contributed by atoms with van der Waals surface area (Å²) in [6.45, 7) is 8.83. The summed E-state index contributed by atoms with van der Waals surface area (Å²) in [4.78, 5) is 55.7. The molecule has 0 radical (unpaired) electrons. The topological polar surface area (TPSA) is 114 Å². The first-order valence-corrected chi connectivity index (χ1v) is 33.8. The molecule has 7 atom stereocenters. The Morgan fingerprint density at radius 2 is 0.733 bits per heavy atom. The van der Waals surface area contributed by atoms with Crippen LogP contribution < -0.4 is 0 Å². The third-order valence-electron chi connectivity index (χ3n) is 16.7. The second kappa shape index (κ2) is 46.0. The number of hydrogen-bond donors (Lipinski definition) is 0. The molecule has 9 nitrogen and oxygen atoms in total. The first-order valence-electron chi connectivity index (χ1n) is 32.8. The van der Waals surface area contributed by atoms with Crippen LogP contribution in [-0.4, -0.2) is 65.6 Å². The van der Waals surface area contributed by atoms with E-state index in [1.54, 1.807) is 11.8 Å². The van der Waals surface area contributed by atoms with Crippen LogP contribution in [0.2, 0.25) is 0 Å². The lowest BCUT2D eigenvalue weighted by atomic mass is 9.92. The molecule has 2 saturated carbocycles. The van der Waals surface area contributed by atoms with Crippen molar-refractivity contribution in [1.82, 2.24) is 0 Å². The van der Waals surface area contributed by atoms with Crippen LogP contribution in [0.15, 0.2) is 0 Å². The summed E-state index contributed by atoms with van der Waals surface area (Å²) in [5, 5.41) is 0.277. The molecule has 0 aromatic carbocycles. The SMILES string of the molecule is CCCCCCCCCCCC(=O)OC[C@H]1O[C@@H](SC2CCC(CC3CCCC3)C2)[C@H](OC(=O)CCCCCCCCCCC)[C@@H](OC(=O)CCCCCCCCCCC)[C@H]1OC(=O)CCCCCCCCCCC. The Balaban J connectivity index is 1.84. The zero-order valence-electron chi connectivity index (χ0n) is 49.3. The van der Waals surface area contributed by atoms with Crippen molar-refractivity contribution in [3.05, 3.63) is 0 Å². The fourth-order valence-corrected chi connectivity index (χ4v) is 13.6. The molecule has 0 N–H and O–H groups in total. The number of hydrogen-bond acceptors (Lipinski definition) is 10. The first kappa shape index (κ1) is 67.5. The standard InChI is InChI=1S/C65H118O9S/c1-5-9-13-17-21-25-29-33-37-45-58(66)70-53-57-62(72-59(67)46-38-34-30-26-22-18-14-10-6-2)63(73-60(68)47-39-35-31-27-23-19-15-11-7-3)64(74-61(69)48-40-36-32-28-24-20-16-12-8-4)65(71-57)75-56-50-49-55(52-56)51-54-43-41-42-44-54/h54-57,62-65H,5-53H2,1-4H3/t55?,56?,57-,62+,63+,64-,65+/m1/s1. The average molecular weight is 1080 g/mol. The molecule has 2 unspecified atom stereocenters. The molecule has 1 aliphatic heterocycles. The molecule has 3 rings (SSSR count). The summed E-state index contributed by atoms with van der Waals surface area (Å²) in [5.41, 5.74) is -0.689. The molecule has 0 amide bonds. The van der Waals surface area contributed by atoms with E-state index in [1.165, 1.54) is 180 Å². The third-order valence-corrected chi connectivity index (χ3v) is 18.2. The van der Waals surface area contributed by atoms with Gasteiger partial charge < -0.3 is 23.7 Å². The zero-order chi connectivity index (χ0) is 53.8. The van der Waals surface area contributed by atoms with Gasteiger partial charge in [-0.15, -0.1) is 11.8 Å². The van der Waals surface area contributed by atoms with Crippen LogP contribution in [-0.2, 0) is 42.9 Å². The maximum Gasteiger partial charge on any atom is 0.306 e. The van der Waals surface area contributed by atoms with E-state index in [2.05, 4.69) is 27.7 Å². The zero-order valence-corrected chi connectivity index (χ0v) is 50.2. The van der Waals surface area contributed by atoms with Gasteiger partial charge in [-0.05, 0) is 63.2 Å². The van der Waals surface area contributed by atoms with Gasteiger partial charge in [0.05, 0.1) is 0 Å².